The summed E-state index contributed by atoms with van der Waals surface area (Å²) < 4.78 is 2.12. The van der Waals surface area contributed by atoms with E-state index >= 15 is 0 Å². The Morgan fingerprint density at radius 2 is 2.17 bits per heavy atom. The van der Waals surface area contributed by atoms with Crippen LogP contribution in [-0.2, 0) is 12.8 Å². The van der Waals surface area contributed by atoms with Gasteiger partial charge in [-0.15, -0.1) is 5.10 Å². The first kappa shape index (κ1) is 11.7. The van der Waals surface area contributed by atoms with Crippen molar-refractivity contribution < 1.29 is 0 Å². The highest BCUT2D eigenvalue weighted by atomic mass is 15.4. The number of hydrogen-bond donors (Lipinski definition) is 0. The van der Waals surface area contributed by atoms with Crippen LogP contribution in [-0.4, -0.2) is 15.0 Å². The molecule has 1 atom stereocenters. The van der Waals surface area contributed by atoms with E-state index in [1.54, 1.807) is 0 Å². The molecule has 0 bridgehead atoms. The van der Waals surface area contributed by atoms with Gasteiger partial charge < -0.3 is 0 Å². The van der Waals surface area contributed by atoms with Crippen molar-refractivity contribution in [2.24, 2.45) is 11.8 Å². The summed E-state index contributed by atoms with van der Waals surface area (Å²) in [7, 11) is 0. The molecule has 1 aromatic heterocycles. The van der Waals surface area contributed by atoms with E-state index in [4.69, 9.17) is 5.26 Å². The number of rotatable bonds is 5. The normalized spacial score (nSPS) is 21.3. The number of nitrogens with zero attached hydrogens (tertiary/aromatic N) is 4. The molecule has 96 valence electrons. The van der Waals surface area contributed by atoms with Gasteiger partial charge in [0.2, 0.25) is 0 Å². The van der Waals surface area contributed by atoms with Crippen molar-refractivity contribution in [1.29, 1.82) is 5.26 Å². The van der Waals surface area contributed by atoms with Gasteiger partial charge in [-0.1, -0.05) is 11.6 Å². The third-order valence-corrected chi connectivity index (χ3v) is 4.51. The smallest absolute Gasteiger partial charge is 0.0999 e. The molecule has 0 aliphatic heterocycles. The highest BCUT2D eigenvalue weighted by Crippen LogP contribution is 2.38. The molecule has 2 aliphatic carbocycles. The average Bonchev–Trinajstić information content (AvgIpc) is 3.00. The Morgan fingerprint density at radius 1 is 1.39 bits per heavy atom. The van der Waals surface area contributed by atoms with Crippen LogP contribution in [0.5, 0.6) is 0 Å². The molecule has 4 nitrogen and oxygen atoms in total. The van der Waals surface area contributed by atoms with E-state index in [1.807, 2.05) is 0 Å². The van der Waals surface area contributed by atoms with Crippen LogP contribution in [0.2, 0.25) is 0 Å². The van der Waals surface area contributed by atoms with E-state index in [0.717, 1.165) is 24.0 Å². The molecule has 4 heteroatoms. The molecule has 2 saturated carbocycles. The van der Waals surface area contributed by atoms with E-state index in [-0.39, 0.29) is 0 Å². The van der Waals surface area contributed by atoms with Crippen LogP contribution < -0.4 is 0 Å². The number of aromatic nitrogens is 3. The fourth-order valence-corrected chi connectivity index (χ4v) is 2.81. The summed E-state index contributed by atoms with van der Waals surface area (Å²) in [5.41, 5.74) is 2.15. The van der Waals surface area contributed by atoms with Crippen LogP contribution in [0.25, 0.3) is 0 Å². The molecule has 1 unspecified atom stereocenters. The van der Waals surface area contributed by atoms with Gasteiger partial charge in [0.1, 0.15) is 0 Å². The molecule has 1 heterocycles. The fourth-order valence-electron chi connectivity index (χ4n) is 2.81. The molecule has 0 spiro atoms. The highest BCUT2D eigenvalue weighted by molar-refractivity contribution is 5.17. The lowest BCUT2D eigenvalue weighted by Crippen LogP contribution is -2.25. The molecular formula is C14H20N4. The fraction of sp³-hybridized carbons (Fsp3) is 0.786. The molecule has 0 N–H and O–H groups in total. The first-order valence-electron chi connectivity index (χ1n) is 7.09. The Kier molecular flexibility index (Phi) is 3.07. The van der Waals surface area contributed by atoms with Crippen LogP contribution in [0, 0.1) is 23.2 Å². The van der Waals surface area contributed by atoms with Gasteiger partial charge in [0.15, 0.2) is 0 Å². The zero-order valence-corrected chi connectivity index (χ0v) is 11.0. The monoisotopic (exact) mass is 244 g/mol. The Labute approximate surface area is 108 Å². The lowest BCUT2D eigenvalue weighted by Gasteiger charge is -2.32. The van der Waals surface area contributed by atoms with Gasteiger partial charge in [0.25, 0.3) is 0 Å². The van der Waals surface area contributed by atoms with Crippen molar-refractivity contribution in [3.63, 3.8) is 0 Å². The summed E-state index contributed by atoms with van der Waals surface area (Å²) >= 11 is 0. The van der Waals surface area contributed by atoms with Gasteiger partial charge in [-0.05, 0) is 50.9 Å². The van der Waals surface area contributed by atoms with Crippen molar-refractivity contribution in [2.75, 3.05) is 0 Å². The molecular weight excluding hydrogens is 224 g/mol. The SMILES string of the molecule is CC(C1CCC1)n1nnc(CC#N)c1CC1CC1. The Bertz CT molecular complexity index is 463. The summed E-state index contributed by atoms with van der Waals surface area (Å²) in [5, 5.41) is 17.5. The van der Waals surface area contributed by atoms with Crippen molar-refractivity contribution in [1.82, 2.24) is 15.0 Å². The van der Waals surface area contributed by atoms with Crippen LogP contribution in [0.1, 0.15) is 56.5 Å². The second-order valence-electron chi connectivity index (χ2n) is 5.84. The predicted molar refractivity (Wildman–Crippen MR) is 67.8 cm³/mol. The highest BCUT2D eigenvalue weighted by Gasteiger charge is 2.31. The molecule has 0 saturated heterocycles. The maximum Gasteiger partial charge on any atom is 0.0999 e. The van der Waals surface area contributed by atoms with Crippen molar-refractivity contribution >= 4 is 0 Å². The minimum absolute atomic E-state index is 0.402. The topological polar surface area (TPSA) is 54.5 Å². The minimum atomic E-state index is 0.402. The third kappa shape index (κ3) is 2.14. The van der Waals surface area contributed by atoms with Gasteiger partial charge in [-0.25, -0.2) is 4.68 Å². The maximum absolute atomic E-state index is 8.88. The second-order valence-corrected chi connectivity index (χ2v) is 5.84. The van der Waals surface area contributed by atoms with Gasteiger partial charge in [0.05, 0.1) is 29.9 Å². The lowest BCUT2D eigenvalue weighted by atomic mass is 9.80. The lowest BCUT2D eigenvalue weighted by molar-refractivity contribution is 0.204. The second kappa shape index (κ2) is 4.72. The van der Waals surface area contributed by atoms with E-state index in [1.165, 1.54) is 37.8 Å². The Morgan fingerprint density at radius 3 is 2.72 bits per heavy atom. The van der Waals surface area contributed by atoms with Gasteiger partial charge >= 0.3 is 0 Å². The maximum atomic E-state index is 8.88. The standard InChI is InChI=1S/C14H20N4/c1-10(12-3-2-4-12)18-14(9-11-5-6-11)13(7-8-15)16-17-18/h10-12H,2-7,9H2,1H3. The molecule has 0 amide bonds. The zero-order chi connectivity index (χ0) is 12.5. The molecule has 0 radical (unpaired) electrons. The predicted octanol–water partition coefficient (Wildman–Crippen LogP) is 2.66. The zero-order valence-electron chi connectivity index (χ0n) is 11.0. The average molecular weight is 244 g/mol. The van der Waals surface area contributed by atoms with E-state index < -0.39 is 0 Å². The summed E-state index contributed by atoms with van der Waals surface area (Å²) in [6.45, 7) is 2.26. The molecule has 2 aliphatic rings. The molecule has 3 rings (SSSR count). The minimum Gasteiger partial charge on any atom is -0.246 e. The summed E-state index contributed by atoms with van der Waals surface area (Å²) in [4.78, 5) is 0. The van der Waals surface area contributed by atoms with E-state index in [0.29, 0.717) is 12.5 Å². The van der Waals surface area contributed by atoms with Crippen molar-refractivity contribution in [2.45, 2.75) is 57.9 Å². The van der Waals surface area contributed by atoms with Crippen LogP contribution >= 0.6 is 0 Å². The van der Waals surface area contributed by atoms with Crippen LogP contribution in [0.4, 0.5) is 0 Å². The Balaban J connectivity index is 1.84. The summed E-state index contributed by atoms with van der Waals surface area (Å²) in [6, 6.07) is 2.66. The number of nitriles is 1. The molecule has 2 fully saturated rings. The first-order valence-corrected chi connectivity index (χ1v) is 7.09. The van der Waals surface area contributed by atoms with Gasteiger partial charge in [0, 0.05) is 0 Å². The van der Waals surface area contributed by atoms with Gasteiger partial charge in [-0.3, -0.25) is 0 Å². The van der Waals surface area contributed by atoms with Crippen molar-refractivity contribution in [3.8, 4) is 6.07 Å². The van der Waals surface area contributed by atoms with E-state index in [9.17, 15) is 0 Å². The third-order valence-electron chi connectivity index (χ3n) is 4.51. The molecule has 1 aromatic rings. The van der Waals surface area contributed by atoms with Gasteiger partial charge in [-0.2, -0.15) is 5.26 Å². The molecule has 0 aromatic carbocycles. The van der Waals surface area contributed by atoms with Crippen molar-refractivity contribution in [3.05, 3.63) is 11.4 Å². The summed E-state index contributed by atoms with van der Waals surface area (Å²) in [5.74, 6) is 1.58. The number of hydrogen-bond acceptors (Lipinski definition) is 3. The Hall–Kier alpha value is -1.37. The van der Waals surface area contributed by atoms with Crippen LogP contribution in [0.3, 0.4) is 0 Å². The largest absolute Gasteiger partial charge is 0.246 e. The van der Waals surface area contributed by atoms with E-state index in [2.05, 4.69) is 28.0 Å². The quantitative estimate of drug-likeness (QED) is 0.800. The van der Waals surface area contributed by atoms with Crippen LogP contribution in [0.15, 0.2) is 0 Å². The first-order chi connectivity index (χ1) is 8.79. The summed E-state index contributed by atoms with van der Waals surface area (Å²) in [6.07, 6.45) is 8.12. The molecule has 18 heavy (non-hydrogen) atoms.